The van der Waals surface area contributed by atoms with Gasteiger partial charge in [0.25, 0.3) is 5.91 Å². The summed E-state index contributed by atoms with van der Waals surface area (Å²) in [7, 11) is 0. The number of aromatic nitrogens is 2. The Bertz CT molecular complexity index is 1690. The summed E-state index contributed by atoms with van der Waals surface area (Å²) in [5.74, 6) is -7.38. The van der Waals surface area contributed by atoms with Crippen LogP contribution in [0.25, 0.3) is 0 Å². The molecule has 3 aromatic rings. The molecule has 4 atom stereocenters. The monoisotopic (exact) mass is 657 g/mol. The number of nitrogens with one attached hydrogen (secondary N) is 2. The third kappa shape index (κ3) is 5.88. The smallest absolute Gasteiger partial charge is 0.406 e. The molecule has 46 heavy (non-hydrogen) atoms. The Hall–Kier alpha value is -4.61. The maximum Gasteiger partial charge on any atom is 0.406 e. The summed E-state index contributed by atoms with van der Waals surface area (Å²) >= 11 is 0. The molecule has 0 bridgehead atoms. The second-order valence-electron chi connectivity index (χ2n) is 11.1. The van der Waals surface area contributed by atoms with Crippen LogP contribution >= 0.6 is 0 Å². The molecular formula is C29H29F6N5O6. The first-order chi connectivity index (χ1) is 20.3. The molecule has 1 aromatic carbocycles. The summed E-state index contributed by atoms with van der Waals surface area (Å²) < 4.78 is 83.8. The number of halogens is 6. The van der Waals surface area contributed by atoms with Gasteiger partial charge in [-0.3, -0.25) is 19.4 Å². The van der Waals surface area contributed by atoms with Crippen LogP contribution in [-0.2, 0) is 27.8 Å². The second-order valence-corrected chi connectivity index (χ2v) is 11.1. The highest BCUT2D eigenvalue weighted by Gasteiger charge is 2.52. The number of piperidine rings is 1. The maximum atomic E-state index is 14.7. The summed E-state index contributed by atoms with van der Waals surface area (Å²) in [5.41, 5.74) is 0.0460. The van der Waals surface area contributed by atoms with E-state index >= 15 is 0 Å². The van der Waals surface area contributed by atoms with Gasteiger partial charge >= 0.3 is 6.18 Å². The second kappa shape index (κ2) is 12.6. The SMILES string of the molecule is C[C@@H]1[C@H](c2c(F)ccc(F)c2F)C[C@H](NC(=O)c2cnc3c(c2)CC2(C3)C(=O)Nc3ncccc32)C(=O)N1CC(F)(F)F.O.O.O. The summed E-state index contributed by atoms with van der Waals surface area (Å²) in [4.78, 5) is 48.4. The number of carbonyl (C=O) groups excluding carboxylic acids is 3. The first kappa shape index (κ1) is 35.9. The Balaban J connectivity index is 0.00000192. The van der Waals surface area contributed by atoms with Crippen LogP contribution in [0.3, 0.4) is 0 Å². The average molecular weight is 658 g/mol. The van der Waals surface area contributed by atoms with Gasteiger partial charge in [-0.2, -0.15) is 13.2 Å². The molecular weight excluding hydrogens is 628 g/mol. The van der Waals surface area contributed by atoms with Gasteiger partial charge in [0.1, 0.15) is 24.2 Å². The zero-order valence-electron chi connectivity index (χ0n) is 23.9. The number of hydrogen-bond donors (Lipinski definition) is 2. The fourth-order valence-corrected chi connectivity index (χ4v) is 6.43. The molecule has 1 fully saturated rings. The quantitative estimate of drug-likeness (QED) is 0.316. The Kier molecular flexibility index (Phi) is 9.86. The predicted molar refractivity (Wildman–Crippen MR) is 149 cm³/mol. The van der Waals surface area contributed by atoms with E-state index in [0.29, 0.717) is 39.7 Å². The van der Waals surface area contributed by atoms with Crippen LogP contribution < -0.4 is 10.6 Å². The number of carbonyl (C=O) groups is 3. The number of rotatable bonds is 4. The van der Waals surface area contributed by atoms with Crippen molar-refractivity contribution in [2.45, 2.75) is 55.8 Å². The normalized spacial score (nSPS) is 23.0. The predicted octanol–water partition coefficient (Wildman–Crippen LogP) is 1.47. The summed E-state index contributed by atoms with van der Waals surface area (Å²) in [6.45, 7) is -0.557. The van der Waals surface area contributed by atoms with E-state index in [9.17, 15) is 40.7 Å². The van der Waals surface area contributed by atoms with E-state index in [0.717, 1.165) is 0 Å². The number of anilines is 1. The molecule has 1 spiro atoms. The van der Waals surface area contributed by atoms with Gasteiger partial charge in [0.05, 0.1) is 11.0 Å². The molecule has 2 aromatic heterocycles. The minimum absolute atomic E-state index is 0. The first-order valence-corrected chi connectivity index (χ1v) is 13.4. The molecule has 0 saturated carbocycles. The number of pyridine rings is 2. The fourth-order valence-electron chi connectivity index (χ4n) is 6.43. The Morgan fingerprint density at radius 3 is 2.46 bits per heavy atom. The van der Waals surface area contributed by atoms with E-state index in [1.54, 1.807) is 18.3 Å². The highest BCUT2D eigenvalue weighted by molar-refractivity contribution is 6.06. The van der Waals surface area contributed by atoms with Crippen LogP contribution in [0.5, 0.6) is 0 Å². The van der Waals surface area contributed by atoms with E-state index < -0.39 is 77.4 Å². The van der Waals surface area contributed by atoms with E-state index in [2.05, 4.69) is 20.6 Å². The van der Waals surface area contributed by atoms with Crippen molar-refractivity contribution in [3.63, 3.8) is 0 Å². The molecule has 248 valence electrons. The molecule has 17 heteroatoms. The van der Waals surface area contributed by atoms with Gasteiger partial charge in [-0.15, -0.1) is 0 Å². The zero-order valence-corrected chi connectivity index (χ0v) is 23.9. The molecule has 2 aliphatic heterocycles. The molecule has 11 nitrogen and oxygen atoms in total. The Labute approximate surface area is 256 Å². The van der Waals surface area contributed by atoms with Crippen molar-refractivity contribution in [3.05, 3.63) is 88.1 Å². The number of alkyl halides is 3. The van der Waals surface area contributed by atoms with Crippen LogP contribution in [0.4, 0.5) is 32.2 Å². The Morgan fingerprint density at radius 1 is 1.07 bits per heavy atom. The molecule has 1 saturated heterocycles. The van der Waals surface area contributed by atoms with Crippen LogP contribution in [0.2, 0.25) is 0 Å². The van der Waals surface area contributed by atoms with E-state index in [1.165, 1.54) is 19.2 Å². The molecule has 6 rings (SSSR count). The molecule has 1 unspecified atom stereocenters. The molecule has 3 aliphatic rings. The first-order valence-electron chi connectivity index (χ1n) is 13.4. The zero-order chi connectivity index (χ0) is 30.8. The number of nitrogens with zero attached hydrogens (tertiary/aromatic N) is 3. The van der Waals surface area contributed by atoms with Crippen molar-refractivity contribution in [2.75, 3.05) is 11.9 Å². The lowest BCUT2D eigenvalue weighted by atomic mass is 9.80. The number of hydrogen-bond acceptors (Lipinski definition) is 5. The maximum absolute atomic E-state index is 14.7. The van der Waals surface area contributed by atoms with Crippen molar-refractivity contribution in [1.82, 2.24) is 20.2 Å². The average Bonchev–Trinajstić information content (AvgIpc) is 3.47. The van der Waals surface area contributed by atoms with Crippen molar-refractivity contribution in [2.24, 2.45) is 0 Å². The van der Waals surface area contributed by atoms with Gasteiger partial charge in [0.15, 0.2) is 11.6 Å². The molecule has 3 amide bonds. The third-order valence-corrected chi connectivity index (χ3v) is 8.52. The summed E-state index contributed by atoms with van der Waals surface area (Å²) in [6, 6.07) is 3.19. The number of amides is 3. The van der Waals surface area contributed by atoms with Crippen molar-refractivity contribution in [3.8, 4) is 0 Å². The lowest BCUT2D eigenvalue weighted by Crippen LogP contribution is -2.60. The fraction of sp³-hybridized carbons (Fsp3) is 0.345. The molecule has 8 N–H and O–H groups in total. The van der Waals surface area contributed by atoms with E-state index in [4.69, 9.17) is 0 Å². The van der Waals surface area contributed by atoms with Crippen LogP contribution in [-0.4, -0.2) is 73.8 Å². The van der Waals surface area contributed by atoms with Gasteiger partial charge in [0, 0.05) is 47.6 Å². The van der Waals surface area contributed by atoms with Crippen LogP contribution in [0.1, 0.15) is 52.0 Å². The number of benzene rings is 1. The lowest BCUT2D eigenvalue weighted by Gasteiger charge is -2.43. The van der Waals surface area contributed by atoms with Crippen molar-refractivity contribution < 1.29 is 57.2 Å². The molecule has 4 heterocycles. The van der Waals surface area contributed by atoms with E-state index in [1.807, 2.05) is 0 Å². The van der Waals surface area contributed by atoms with Gasteiger partial charge in [-0.1, -0.05) is 6.07 Å². The highest BCUT2D eigenvalue weighted by Crippen LogP contribution is 2.46. The number of fused-ring (bicyclic) bond motifs is 3. The van der Waals surface area contributed by atoms with Crippen LogP contribution in [0, 0.1) is 17.5 Å². The van der Waals surface area contributed by atoms with Crippen LogP contribution in [0.15, 0.2) is 42.7 Å². The summed E-state index contributed by atoms with van der Waals surface area (Å²) in [6.07, 6.45) is -2.11. The van der Waals surface area contributed by atoms with E-state index in [-0.39, 0.29) is 40.7 Å². The van der Waals surface area contributed by atoms with Crippen molar-refractivity contribution >= 4 is 23.5 Å². The van der Waals surface area contributed by atoms with Gasteiger partial charge < -0.3 is 32.0 Å². The van der Waals surface area contributed by atoms with Crippen molar-refractivity contribution in [1.29, 1.82) is 0 Å². The Morgan fingerprint density at radius 2 is 1.76 bits per heavy atom. The standard InChI is InChI=1S/C29H23F6N5O3.3H2O/c1-13-16(22-18(30)4-5-19(31)23(22)32)8-20(26(42)40(13)12-29(33,34)35)38-25(41)15-7-14-9-28(10-21(14)37-11-15)17-3-2-6-36-24(17)39-27(28)43;;;/h2-7,11,13,16,20H,8-10,12H2,1H3,(H,38,41)(H,36,39,43);3*1H2/t13-,16-,20+,28?;;;/m1.../s1. The minimum Gasteiger partial charge on any atom is -0.412 e. The lowest BCUT2D eigenvalue weighted by molar-refractivity contribution is -0.170. The number of likely N-dealkylation sites (tertiary alicyclic amines) is 1. The van der Waals surface area contributed by atoms with Gasteiger partial charge in [-0.25, -0.2) is 18.2 Å². The minimum atomic E-state index is -4.86. The summed E-state index contributed by atoms with van der Waals surface area (Å²) in [5, 5.41) is 5.14. The van der Waals surface area contributed by atoms with Gasteiger partial charge in [-0.05, 0) is 49.6 Å². The molecule has 0 radical (unpaired) electrons. The topological polar surface area (TPSA) is 199 Å². The third-order valence-electron chi connectivity index (χ3n) is 8.52. The van der Waals surface area contributed by atoms with Gasteiger partial charge in [0.2, 0.25) is 11.8 Å². The largest absolute Gasteiger partial charge is 0.412 e. The molecule has 1 aliphatic carbocycles. The highest BCUT2D eigenvalue weighted by atomic mass is 19.4.